The molecule has 5 heteroatoms. The summed E-state index contributed by atoms with van der Waals surface area (Å²) in [7, 11) is 0. The van der Waals surface area contributed by atoms with Gasteiger partial charge in [0.15, 0.2) is 0 Å². The second kappa shape index (κ2) is 6.10. The van der Waals surface area contributed by atoms with E-state index in [0.717, 1.165) is 11.1 Å². The van der Waals surface area contributed by atoms with Gasteiger partial charge in [0.25, 0.3) is 5.91 Å². The highest BCUT2D eigenvalue weighted by Crippen LogP contribution is 2.22. The molecule has 2 N–H and O–H groups in total. The van der Waals surface area contributed by atoms with Crippen molar-refractivity contribution in [2.75, 3.05) is 5.32 Å². The molecule has 4 nitrogen and oxygen atoms in total. The Morgan fingerprint density at radius 3 is 2.43 bits per heavy atom. The zero-order chi connectivity index (χ0) is 15.6. The van der Waals surface area contributed by atoms with Crippen LogP contribution in [-0.2, 0) is 0 Å². The fraction of sp³-hybridized carbons (Fsp3) is 0.125. The minimum atomic E-state index is -1.03. The third-order valence-corrected chi connectivity index (χ3v) is 3.76. The van der Waals surface area contributed by atoms with Gasteiger partial charge in [0.1, 0.15) is 0 Å². The predicted octanol–water partition coefficient (Wildman–Crippen LogP) is 4.02. The fourth-order valence-corrected chi connectivity index (χ4v) is 2.56. The molecule has 0 unspecified atom stereocenters. The molecule has 2 rings (SSSR count). The van der Waals surface area contributed by atoms with Crippen molar-refractivity contribution in [2.45, 2.75) is 13.8 Å². The fourth-order valence-electron chi connectivity index (χ4n) is 1.88. The monoisotopic (exact) mass is 347 g/mol. The van der Waals surface area contributed by atoms with Gasteiger partial charge < -0.3 is 10.4 Å². The molecule has 0 bridgehead atoms. The number of amides is 1. The van der Waals surface area contributed by atoms with Crippen LogP contribution in [0.5, 0.6) is 0 Å². The van der Waals surface area contributed by atoms with Crippen LogP contribution >= 0.6 is 15.9 Å². The largest absolute Gasteiger partial charge is 0.478 e. The standard InChI is InChI=1S/C16H14BrNO3/c1-9-3-6-12(13(17)7-9)15(19)18-14-8-11(16(20)21)5-4-10(14)2/h3-8H,1-2H3,(H,18,19)(H,20,21). The first-order valence-corrected chi connectivity index (χ1v) is 7.09. The lowest BCUT2D eigenvalue weighted by Crippen LogP contribution is -2.14. The highest BCUT2D eigenvalue weighted by molar-refractivity contribution is 9.10. The number of nitrogens with one attached hydrogen (secondary N) is 1. The Balaban J connectivity index is 2.31. The number of carbonyl (C=O) groups excluding carboxylic acids is 1. The van der Waals surface area contributed by atoms with Crippen LogP contribution in [0.2, 0.25) is 0 Å². The van der Waals surface area contributed by atoms with Crippen LogP contribution in [0.4, 0.5) is 5.69 Å². The highest BCUT2D eigenvalue weighted by Gasteiger charge is 2.13. The van der Waals surface area contributed by atoms with Crippen LogP contribution in [0.1, 0.15) is 31.8 Å². The number of aromatic carboxylic acids is 1. The number of aryl methyl sites for hydroxylation is 2. The van der Waals surface area contributed by atoms with E-state index in [4.69, 9.17) is 5.11 Å². The molecular formula is C16H14BrNO3. The van der Waals surface area contributed by atoms with Gasteiger partial charge in [0, 0.05) is 10.2 Å². The third-order valence-electron chi connectivity index (χ3n) is 3.10. The highest BCUT2D eigenvalue weighted by atomic mass is 79.9. The normalized spacial score (nSPS) is 10.2. The molecule has 0 aliphatic heterocycles. The molecular weight excluding hydrogens is 334 g/mol. The topological polar surface area (TPSA) is 66.4 Å². The minimum Gasteiger partial charge on any atom is -0.478 e. The third kappa shape index (κ3) is 3.49. The summed E-state index contributed by atoms with van der Waals surface area (Å²) < 4.78 is 0.701. The first-order valence-electron chi connectivity index (χ1n) is 6.30. The maximum absolute atomic E-state index is 12.3. The van der Waals surface area contributed by atoms with Crippen LogP contribution in [0.15, 0.2) is 40.9 Å². The smallest absolute Gasteiger partial charge is 0.335 e. The molecule has 108 valence electrons. The van der Waals surface area contributed by atoms with E-state index in [-0.39, 0.29) is 11.5 Å². The first kappa shape index (κ1) is 15.3. The number of hydrogen-bond acceptors (Lipinski definition) is 2. The molecule has 21 heavy (non-hydrogen) atoms. The molecule has 0 heterocycles. The average molecular weight is 348 g/mol. The second-order valence-corrected chi connectivity index (χ2v) is 5.63. The van der Waals surface area contributed by atoms with E-state index >= 15 is 0 Å². The zero-order valence-corrected chi connectivity index (χ0v) is 13.2. The van der Waals surface area contributed by atoms with E-state index < -0.39 is 5.97 Å². The van der Waals surface area contributed by atoms with Gasteiger partial charge in [-0.05, 0) is 65.2 Å². The van der Waals surface area contributed by atoms with Crippen molar-refractivity contribution in [1.29, 1.82) is 0 Å². The number of carboxylic acid groups (broad SMARTS) is 1. The van der Waals surface area contributed by atoms with E-state index in [1.54, 1.807) is 12.1 Å². The van der Waals surface area contributed by atoms with E-state index in [1.165, 1.54) is 12.1 Å². The lowest BCUT2D eigenvalue weighted by atomic mass is 10.1. The zero-order valence-electron chi connectivity index (χ0n) is 11.6. The Kier molecular flexibility index (Phi) is 4.43. The summed E-state index contributed by atoms with van der Waals surface area (Å²) in [5.41, 5.74) is 2.98. The quantitative estimate of drug-likeness (QED) is 0.881. The number of carbonyl (C=O) groups is 2. The molecule has 2 aromatic rings. The Labute approximate surface area is 130 Å². The van der Waals surface area contributed by atoms with E-state index in [0.29, 0.717) is 15.7 Å². The lowest BCUT2D eigenvalue weighted by Gasteiger charge is -2.10. The molecule has 2 aromatic carbocycles. The van der Waals surface area contributed by atoms with E-state index in [9.17, 15) is 9.59 Å². The van der Waals surface area contributed by atoms with Crippen LogP contribution in [0, 0.1) is 13.8 Å². The van der Waals surface area contributed by atoms with Crippen molar-refractivity contribution in [3.8, 4) is 0 Å². The average Bonchev–Trinajstić information content (AvgIpc) is 2.40. The van der Waals surface area contributed by atoms with Crippen molar-refractivity contribution in [3.63, 3.8) is 0 Å². The van der Waals surface area contributed by atoms with Gasteiger partial charge in [0.2, 0.25) is 0 Å². The summed E-state index contributed by atoms with van der Waals surface area (Å²) in [6, 6.07) is 10.1. The molecule has 0 aliphatic rings. The summed E-state index contributed by atoms with van der Waals surface area (Å²) in [5, 5.41) is 11.8. The van der Waals surface area contributed by atoms with Crippen molar-refractivity contribution in [2.24, 2.45) is 0 Å². The molecule has 0 saturated carbocycles. The first-order chi connectivity index (χ1) is 9.88. The van der Waals surface area contributed by atoms with Gasteiger partial charge >= 0.3 is 5.97 Å². The van der Waals surface area contributed by atoms with E-state index in [2.05, 4.69) is 21.2 Å². The summed E-state index contributed by atoms with van der Waals surface area (Å²) >= 11 is 3.36. The van der Waals surface area contributed by atoms with Gasteiger partial charge in [0.05, 0.1) is 11.1 Å². The molecule has 0 saturated heterocycles. The number of carboxylic acids is 1. The van der Waals surface area contributed by atoms with Gasteiger partial charge in [-0.3, -0.25) is 4.79 Å². The van der Waals surface area contributed by atoms with Crippen LogP contribution in [0.3, 0.4) is 0 Å². The van der Waals surface area contributed by atoms with Crippen molar-refractivity contribution < 1.29 is 14.7 Å². The molecule has 0 radical (unpaired) electrons. The molecule has 0 spiro atoms. The molecule has 0 aromatic heterocycles. The van der Waals surface area contributed by atoms with E-state index in [1.807, 2.05) is 26.0 Å². The number of hydrogen-bond donors (Lipinski definition) is 2. The van der Waals surface area contributed by atoms with Gasteiger partial charge in [-0.1, -0.05) is 12.1 Å². The lowest BCUT2D eigenvalue weighted by molar-refractivity contribution is 0.0696. The summed E-state index contributed by atoms with van der Waals surface area (Å²) in [6.07, 6.45) is 0. The summed E-state index contributed by atoms with van der Waals surface area (Å²) in [4.78, 5) is 23.3. The molecule has 0 fully saturated rings. The van der Waals surface area contributed by atoms with Crippen molar-refractivity contribution in [3.05, 3.63) is 63.1 Å². The maximum atomic E-state index is 12.3. The van der Waals surface area contributed by atoms with Gasteiger partial charge in [-0.2, -0.15) is 0 Å². The Morgan fingerprint density at radius 1 is 1.10 bits per heavy atom. The molecule has 0 aliphatic carbocycles. The number of halogens is 1. The van der Waals surface area contributed by atoms with Crippen LogP contribution in [-0.4, -0.2) is 17.0 Å². The van der Waals surface area contributed by atoms with Crippen LogP contribution in [0.25, 0.3) is 0 Å². The van der Waals surface area contributed by atoms with Crippen molar-refractivity contribution >= 4 is 33.5 Å². The van der Waals surface area contributed by atoms with Crippen LogP contribution < -0.4 is 5.32 Å². The Bertz CT molecular complexity index is 725. The molecule has 1 amide bonds. The van der Waals surface area contributed by atoms with Gasteiger partial charge in [-0.25, -0.2) is 4.79 Å². The number of benzene rings is 2. The predicted molar refractivity (Wildman–Crippen MR) is 85.0 cm³/mol. The summed E-state index contributed by atoms with van der Waals surface area (Å²) in [5.74, 6) is -1.31. The number of anilines is 1. The van der Waals surface area contributed by atoms with Crippen molar-refractivity contribution in [1.82, 2.24) is 0 Å². The van der Waals surface area contributed by atoms with Gasteiger partial charge in [-0.15, -0.1) is 0 Å². The second-order valence-electron chi connectivity index (χ2n) is 4.77. The molecule has 0 atom stereocenters. The summed E-state index contributed by atoms with van der Waals surface area (Å²) in [6.45, 7) is 3.75. The number of rotatable bonds is 3. The Morgan fingerprint density at radius 2 is 1.81 bits per heavy atom. The SMILES string of the molecule is Cc1ccc(C(=O)Nc2cc(C(=O)O)ccc2C)c(Br)c1. The minimum absolute atomic E-state index is 0.138. The maximum Gasteiger partial charge on any atom is 0.335 e. The Hall–Kier alpha value is -2.14.